The van der Waals surface area contributed by atoms with Gasteiger partial charge in [0.2, 0.25) is 0 Å². The molecule has 37 heavy (non-hydrogen) atoms. The lowest BCUT2D eigenvalue weighted by molar-refractivity contribution is -0.0571. The predicted molar refractivity (Wildman–Crippen MR) is 142 cm³/mol. The first-order valence-electron chi connectivity index (χ1n) is 13.0. The monoisotopic (exact) mass is 533 g/mol. The van der Waals surface area contributed by atoms with E-state index in [9.17, 15) is 19.4 Å². The van der Waals surface area contributed by atoms with Crippen molar-refractivity contribution in [1.29, 1.82) is 0 Å². The standard InChI is InChI=1S/C28H37ClFN3O4/c1-37-14-3-2-12-28(36,22-10-5-11-23(29)26(22)19-7-4-9-21(30)15-19)20-8-6-13-32(16-20)27(35)33-17-24(31)25(34)18-33/h4-5,7,9-11,15,20,24-25,34,36H,2-3,6,8,12-14,16-18,31H2,1H3. The lowest BCUT2D eigenvalue weighted by Crippen LogP contribution is -2.52. The number of piperidine rings is 1. The molecular weight excluding hydrogens is 497 g/mol. The molecule has 2 aliphatic rings. The van der Waals surface area contributed by atoms with Crippen molar-refractivity contribution in [3.63, 3.8) is 0 Å². The Morgan fingerprint density at radius 2 is 1.97 bits per heavy atom. The topological polar surface area (TPSA) is 99.3 Å². The highest BCUT2D eigenvalue weighted by Crippen LogP contribution is 2.46. The van der Waals surface area contributed by atoms with Crippen LogP contribution >= 0.6 is 11.6 Å². The highest BCUT2D eigenvalue weighted by atomic mass is 35.5. The van der Waals surface area contributed by atoms with Gasteiger partial charge in [-0.2, -0.15) is 0 Å². The first-order chi connectivity index (χ1) is 17.7. The van der Waals surface area contributed by atoms with Gasteiger partial charge in [-0.15, -0.1) is 0 Å². The molecule has 0 aromatic heterocycles. The summed E-state index contributed by atoms with van der Waals surface area (Å²) in [5, 5.41) is 23.0. The number of benzene rings is 2. The van der Waals surface area contributed by atoms with Gasteiger partial charge >= 0.3 is 6.03 Å². The quantitative estimate of drug-likeness (QED) is 0.446. The minimum Gasteiger partial charge on any atom is -0.390 e. The van der Waals surface area contributed by atoms with E-state index < -0.39 is 17.7 Å². The van der Waals surface area contributed by atoms with E-state index in [1.165, 1.54) is 12.1 Å². The fourth-order valence-electron chi connectivity index (χ4n) is 5.73. The minimum absolute atomic E-state index is 0.171. The Morgan fingerprint density at radius 3 is 2.68 bits per heavy atom. The molecule has 4 N–H and O–H groups in total. The summed E-state index contributed by atoms with van der Waals surface area (Å²) in [6, 6.07) is 11.0. The molecule has 0 spiro atoms. The number of methoxy groups -OCH3 is 1. The fourth-order valence-corrected chi connectivity index (χ4v) is 6.01. The Labute approximate surface area is 223 Å². The van der Waals surface area contributed by atoms with Crippen molar-refractivity contribution >= 4 is 17.6 Å². The van der Waals surface area contributed by atoms with Gasteiger partial charge in [0.1, 0.15) is 5.82 Å². The maximum absolute atomic E-state index is 14.2. The normalized spacial score (nSPS) is 23.8. The number of urea groups is 1. The Balaban J connectivity index is 1.68. The third kappa shape index (κ3) is 6.10. The predicted octanol–water partition coefficient (Wildman–Crippen LogP) is 3.99. The molecule has 2 amide bonds. The van der Waals surface area contributed by atoms with Crippen LogP contribution in [0.1, 0.15) is 37.7 Å². The zero-order valence-corrected chi connectivity index (χ0v) is 22.0. The van der Waals surface area contributed by atoms with Gasteiger partial charge in [-0.25, -0.2) is 9.18 Å². The van der Waals surface area contributed by atoms with Gasteiger partial charge in [0.15, 0.2) is 0 Å². The number of β-amino-alcohol motifs (C(OH)–C–C–N with tert-alkyl or cyclic N) is 1. The van der Waals surface area contributed by atoms with Crippen LogP contribution < -0.4 is 5.73 Å². The molecule has 0 radical (unpaired) electrons. The van der Waals surface area contributed by atoms with Crippen LogP contribution in [-0.4, -0.2) is 78.1 Å². The zero-order chi connectivity index (χ0) is 26.6. The van der Waals surface area contributed by atoms with Gasteiger partial charge in [0, 0.05) is 62.4 Å². The van der Waals surface area contributed by atoms with E-state index in [2.05, 4.69) is 0 Å². The lowest BCUT2D eigenvalue weighted by Gasteiger charge is -2.44. The summed E-state index contributed by atoms with van der Waals surface area (Å²) < 4.78 is 19.4. The molecular formula is C28H37ClFN3O4. The Bertz CT molecular complexity index is 1080. The number of aliphatic hydroxyl groups excluding tert-OH is 1. The van der Waals surface area contributed by atoms with Crippen molar-refractivity contribution in [3.8, 4) is 11.1 Å². The van der Waals surface area contributed by atoms with Gasteiger partial charge in [-0.3, -0.25) is 0 Å². The second kappa shape index (κ2) is 12.1. The first-order valence-corrected chi connectivity index (χ1v) is 13.4. The van der Waals surface area contributed by atoms with E-state index in [0.717, 1.165) is 19.3 Å². The van der Waals surface area contributed by atoms with E-state index in [4.69, 9.17) is 22.1 Å². The molecule has 4 unspecified atom stereocenters. The van der Waals surface area contributed by atoms with Crippen molar-refractivity contribution in [2.75, 3.05) is 39.9 Å². The molecule has 2 saturated heterocycles. The summed E-state index contributed by atoms with van der Waals surface area (Å²) in [5.41, 5.74) is 6.47. The third-order valence-corrected chi connectivity index (χ3v) is 8.04. The first kappa shape index (κ1) is 27.8. The van der Waals surface area contributed by atoms with Gasteiger partial charge in [0.05, 0.1) is 11.7 Å². The molecule has 2 aromatic carbocycles. The molecule has 2 aromatic rings. The molecule has 0 aliphatic carbocycles. The van der Waals surface area contributed by atoms with E-state index in [1.807, 2.05) is 6.07 Å². The van der Waals surface area contributed by atoms with Crippen molar-refractivity contribution in [1.82, 2.24) is 9.80 Å². The van der Waals surface area contributed by atoms with E-state index in [-0.39, 0.29) is 24.3 Å². The number of carbonyl (C=O) groups is 1. The van der Waals surface area contributed by atoms with Gasteiger partial charge in [-0.1, -0.05) is 35.9 Å². The summed E-state index contributed by atoms with van der Waals surface area (Å²) in [6.07, 6.45) is 2.64. The number of hydrogen-bond donors (Lipinski definition) is 3. The number of ether oxygens (including phenoxy) is 1. The molecule has 4 atom stereocenters. The second-order valence-electron chi connectivity index (χ2n) is 10.3. The molecule has 2 heterocycles. The number of nitrogens with zero attached hydrogens (tertiary/aromatic N) is 2. The van der Waals surface area contributed by atoms with Gasteiger partial charge in [-0.05, 0) is 61.4 Å². The molecule has 0 saturated carbocycles. The highest BCUT2D eigenvalue weighted by Gasteiger charge is 2.44. The van der Waals surface area contributed by atoms with E-state index in [0.29, 0.717) is 60.8 Å². The number of unbranched alkanes of at least 4 members (excludes halogenated alkanes) is 1. The number of aliphatic hydroxyl groups is 2. The van der Waals surface area contributed by atoms with Crippen LogP contribution in [0.5, 0.6) is 0 Å². The summed E-state index contributed by atoms with van der Waals surface area (Å²) in [4.78, 5) is 16.6. The molecule has 202 valence electrons. The minimum atomic E-state index is -1.31. The van der Waals surface area contributed by atoms with Crippen molar-refractivity contribution in [2.24, 2.45) is 11.7 Å². The highest BCUT2D eigenvalue weighted by molar-refractivity contribution is 6.33. The lowest BCUT2D eigenvalue weighted by atomic mass is 9.72. The third-order valence-electron chi connectivity index (χ3n) is 7.72. The van der Waals surface area contributed by atoms with Gasteiger partial charge < -0.3 is 30.5 Å². The number of amides is 2. The van der Waals surface area contributed by atoms with Crippen LogP contribution in [-0.2, 0) is 10.3 Å². The van der Waals surface area contributed by atoms with Crippen LogP contribution in [0, 0.1) is 11.7 Å². The van der Waals surface area contributed by atoms with Crippen LogP contribution in [0.3, 0.4) is 0 Å². The summed E-state index contributed by atoms with van der Waals surface area (Å²) in [6.45, 7) is 2.02. The number of hydrogen-bond acceptors (Lipinski definition) is 5. The number of likely N-dealkylation sites (tertiary alicyclic amines) is 2. The molecule has 4 rings (SSSR count). The average Bonchev–Trinajstić information content (AvgIpc) is 3.23. The molecule has 0 bridgehead atoms. The number of carbonyl (C=O) groups excluding carboxylic acids is 1. The smallest absolute Gasteiger partial charge is 0.320 e. The number of halogens is 2. The van der Waals surface area contributed by atoms with Crippen LogP contribution in [0.4, 0.5) is 9.18 Å². The van der Waals surface area contributed by atoms with Crippen LogP contribution in [0.25, 0.3) is 11.1 Å². The van der Waals surface area contributed by atoms with Crippen molar-refractivity contribution < 1.29 is 24.1 Å². The summed E-state index contributed by atoms with van der Waals surface area (Å²) in [5.74, 6) is -0.646. The van der Waals surface area contributed by atoms with Crippen molar-refractivity contribution in [3.05, 3.63) is 58.9 Å². The van der Waals surface area contributed by atoms with Gasteiger partial charge in [0.25, 0.3) is 0 Å². The largest absolute Gasteiger partial charge is 0.390 e. The van der Waals surface area contributed by atoms with Crippen LogP contribution in [0.15, 0.2) is 42.5 Å². The fraction of sp³-hybridized carbons (Fsp3) is 0.536. The number of nitrogens with two attached hydrogens (primary N) is 1. The van der Waals surface area contributed by atoms with E-state index in [1.54, 1.807) is 41.2 Å². The Morgan fingerprint density at radius 1 is 1.19 bits per heavy atom. The summed E-state index contributed by atoms with van der Waals surface area (Å²) in [7, 11) is 1.65. The summed E-state index contributed by atoms with van der Waals surface area (Å²) >= 11 is 6.68. The van der Waals surface area contributed by atoms with Crippen LogP contribution in [0.2, 0.25) is 5.02 Å². The maximum Gasteiger partial charge on any atom is 0.320 e. The average molecular weight is 534 g/mol. The Kier molecular flexibility index (Phi) is 9.08. The number of rotatable bonds is 8. The molecule has 7 nitrogen and oxygen atoms in total. The SMILES string of the molecule is COCCCCC(O)(c1cccc(Cl)c1-c1cccc(F)c1)C1CCCN(C(=O)N2CC(N)C(O)C2)C1. The maximum atomic E-state index is 14.2. The molecule has 9 heteroatoms. The Hall–Kier alpha value is -2.23. The second-order valence-corrected chi connectivity index (χ2v) is 10.7. The zero-order valence-electron chi connectivity index (χ0n) is 21.3. The van der Waals surface area contributed by atoms with Crippen molar-refractivity contribution in [2.45, 2.75) is 49.9 Å². The van der Waals surface area contributed by atoms with E-state index >= 15 is 0 Å². The molecule has 2 fully saturated rings. The molecule has 2 aliphatic heterocycles.